The van der Waals surface area contributed by atoms with Crippen molar-refractivity contribution in [3.05, 3.63) is 34.2 Å². The summed E-state index contributed by atoms with van der Waals surface area (Å²) in [5, 5.41) is 9.50. The first kappa shape index (κ1) is 9.82. The summed E-state index contributed by atoms with van der Waals surface area (Å²) in [6, 6.07) is 5.72. The average Bonchev–Trinajstić information content (AvgIpc) is 2.21. The van der Waals surface area contributed by atoms with Crippen molar-refractivity contribution in [2.24, 2.45) is 5.92 Å². The van der Waals surface area contributed by atoms with Gasteiger partial charge in [0.1, 0.15) is 5.75 Å². The van der Waals surface area contributed by atoms with E-state index in [0.29, 0.717) is 18.2 Å². The van der Waals surface area contributed by atoms with Crippen LogP contribution in [0.25, 0.3) is 0 Å². The van der Waals surface area contributed by atoms with Gasteiger partial charge in [0, 0.05) is 28.4 Å². The number of piperidine rings is 1. The van der Waals surface area contributed by atoms with Crippen LogP contribution in [0.15, 0.2) is 18.2 Å². The molecule has 4 rings (SSSR count). The molecule has 3 heteroatoms. The molecule has 16 heavy (non-hydrogen) atoms. The minimum Gasteiger partial charge on any atom is -0.508 e. The second-order valence-electron chi connectivity index (χ2n) is 5.06. The monoisotopic (exact) mass is 218 g/mol. The number of hydrogen-bond donors (Lipinski definition) is 1. The van der Waals surface area contributed by atoms with Crippen LogP contribution in [-0.2, 0) is 12.8 Å². The van der Waals surface area contributed by atoms with E-state index < -0.39 is 0 Å². The maximum Gasteiger partial charge on any atom is 0.205 e. The van der Waals surface area contributed by atoms with Gasteiger partial charge in [-0.2, -0.15) is 0 Å². The van der Waals surface area contributed by atoms with Gasteiger partial charge in [-0.15, -0.1) is 0 Å². The highest BCUT2D eigenvalue weighted by atomic mass is 16.3. The lowest BCUT2D eigenvalue weighted by Gasteiger charge is -2.26. The first-order valence-corrected chi connectivity index (χ1v) is 5.97. The molecule has 2 aliphatic heterocycles. The molecule has 2 atom stereocenters. The summed E-state index contributed by atoms with van der Waals surface area (Å²) in [7, 11) is 0. The Balaban J connectivity index is 2.02. The van der Waals surface area contributed by atoms with Crippen LogP contribution in [0.1, 0.15) is 24.0 Å². The predicted octanol–water partition coefficient (Wildman–Crippen LogP) is 2.05. The highest BCUT2D eigenvalue weighted by Gasteiger charge is 2.37. The number of phenolic OH excluding ortho intramolecular Hbond substituents is 1. The largest absolute Gasteiger partial charge is 0.508 e. The van der Waals surface area contributed by atoms with Gasteiger partial charge >= 0.3 is 0 Å². The van der Waals surface area contributed by atoms with Crippen molar-refractivity contribution in [3.63, 3.8) is 0 Å². The van der Waals surface area contributed by atoms with Gasteiger partial charge in [0.15, 0.2) is 6.54 Å². The van der Waals surface area contributed by atoms with Gasteiger partial charge in [-0.3, -0.25) is 0 Å². The topological polar surface area (TPSA) is 40.3 Å². The number of phenols is 1. The van der Waals surface area contributed by atoms with Crippen LogP contribution < -0.4 is 0 Å². The van der Waals surface area contributed by atoms with Crippen LogP contribution in [0.2, 0.25) is 0 Å². The molecular formula is C13H16NO2+. The van der Waals surface area contributed by atoms with Gasteiger partial charge in [-0.25, -0.2) is 0 Å². The van der Waals surface area contributed by atoms with E-state index in [1.807, 2.05) is 12.1 Å². The van der Waals surface area contributed by atoms with E-state index in [1.54, 1.807) is 6.07 Å². The van der Waals surface area contributed by atoms with Crippen LogP contribution in [0.4, 0.5) is 0 Å². The van der Waals surface area contributed by atoms with E-state index in [-0.39, 0.29) is 6.04 Å². The SMILES string of the molecule is O=[N+]1CC2CCC1Cc1ccc(O)cc1C2. The summed E-state index contributed by atoms with van der Waals surface area (Å²) in [6.45, 7) is 0.666. The molecule has 0 radical (unpaired) electrons. The minimum atomic E-state index is 0.153. The highest BCUT2D eigenvalue weighted by molar-refractivity contribution is 5.36. The third-order valence-corrected chi connectivity index (χ3v) is 3.91. The van der Waals surface area contributed by atoms with Crippen LogP contribution in [-0.4, -0.2) is 22.5 Å². The molecule has 3 nitrogen and oxygen atoms in total. The first-order valence-electron chi connectivity index (χ1n) is 5.97. The molecule has 0 aromatic heterocycles. The van der Waals surface area contributed by atoms with Crippen molar-refractivity contribution >= 4 is 0 Å². The standard InChI is InChI=1S/C13H15NO2/c15-13-4-2-10-6-12-3-1-9(8-14(12)16)5-11(10)7-13/h2,4,7,9,12H,1,3,5-6,8H2/p+1. The fourth-order valence-electron chi connectivity index (χ4n) is 3.00. The predicted molar refractivity (Wildman–Crippen MR) is 60.5 cm³/mol. The molecule has 1 aromatic carbocycles. The Bertz CT molecular complexity index is 442. The smallest absolute Gasteiger partial charge is 0.205 e. The summed E-state index contributed by atoms with van der Waals surface area (Å²) in [5.41, 5.74) is 2.48. The van der Waals surface area contributed by atoms with Gasteiger partial charge in [0.05, 0.1) is 0 Å². The third-order valence-electron chi connectivity index (χ3n) is 3.91. The van der Waals surface area contributed by atoms with Crippen LogP contribution in [0.3, 0.4) is 0 Å². The highest BCUT2D eigenvalue weighted by Crippen LogP contribution is 2.31. The Kier molecular flexibility index (Phi) is 2.20. The minimum absolute atomic E-state index is 0.153. The molecule has 0 saturated carbocycles. The Labute approximate surface area is 94.7 Å². The van der Waals surface area contributed by atoms with E-state index in [1.165, 1.54) is 15.9 Å². The van der Waals surface area contributed by atoms with Crippen molar-refractivity contribution in [1.29, 1.82) is 0 Å². The van der Waals surface area contributed by atoms with E-state index in [2.05, 4.69) is 0 Å². The van der Waals surface area contributed by atoms with Crippen LogP contribution in [0, 0.1) is 10.8 Å². The quantitative estimate of drug-likeness (QED) is 0.677. The summed E-state index contributed by atoms with van der Waals surface area (Å²) in [4.78, 5) is 11.8. The number of nitrogens with zero attached hydrogens (tertiary/aromatic N) is 1. The number of aromatic hydroxyl groups is 1. The summed E-state index contributed by atoms with van der Waals surface area (Å²) >= 11 is 0. The van der Waals surface area contributed by atoms with Gasteiger partial charge in [-0.05, 0) is 36.1 Å². The van der Waals surface area contributed by atoms with E-state index >= 15 is 0 Å². The normalized spacial score (nSPS) is 28.4. The summed E-state index contributed by atoms with van der Waals surface area (Å²) in [6.07, 6.45) is 3.95. The zero-order valence-corrected chi connectivity index (χ0v) is 9.22. The van der Waals surface area contributed by atoms with Crippen molar-refractivity contribution in [2.75, 3.05) is 6.54 Å². The Hall–Kier alpha value is -1.38. The number of hydrogen-bond acceptors (Lipinski definition) is 2. The lowest BCUT2D eigenvalue weighted by atomic mass is 9.81. The lowest BCUT2D eigenvalue weighted by molar-refractivity contribution is -0.603. The van der Waals surface area contributed by atoms with E-state index in [9.17, 15) is 10.0 Å². The van der Waals surface area contributed by atoms with Gasteiger partial charge < -0.3 is 5.11 Å². The van der Waals surface area contributed by atoms with Crippen molar-refractivity contribution in [1.82, 2.24) is 0 Å². The number of benzene rings is 1. The second-order valence-corrected chi connectivity index (χ2v) is 5.06. The molecule has 2 heterocycles. The molecule has 1 N–H and O–H groups in total. The Morgan fingerprint density at radius 3 is 2.88 bits per heavy atom. The molecular weight excluding hydrogens is 202 g/mol. The first-order chi connectivity index (χ1) is 7.72. The fourth-order valence-corrected chi connectivity index (χ4v) is 3.00. The molecule has 0 amide bonds. The molecule has 2 unspecified atom stereocenters. The maximum atomic E-state index is 11.8. The Morgan fingerprint density at radius 2 is 2.06 bits per heavy atom. The lowest BCUT2D eigenvalue weighted by Crippen LogP contribution is -2.39. The van der Waals surface area contributed by atoms with Gasteiger partial charge in [0.25, 0.3) is 0 Å². The van der Waals surface area contributed by atoms with Crippen molar-refractivity contribution in [2.45, 2.75) is 31.7 Å². The zero-order valence-electron chi connectivity index (χ0n) is 9.22. The molecule has 84 valence electrons. The van der Waals surface area contributed by atoms with Gasteiger partial charge in [-0.1, -0.05) is 6.07 Å². The number of rotatable bonds is 0. The van der Waals surface area contributed by atoms with Crippen molar-refractivity contribution < 1.29 is 9.87 Å². The van der Waals surface area contributed by atoms with Gasteiger partial charge in [0.2, 0.25) is 6.04 Å². The third kappa shape index (κ3) is 1.60. The maximum absolute atomic E-state index is 11.8. The van der Waals surface area contributed by atoms with E-state index in [4.69, 9.17) is 0 Å². The molecule has 1 fully saturated rings. The molecule has 1 saturated heterocycles. The fraction of sp³-hybridized carbons (Fsp3) is 0.538. The average molecular weight is 218 g/mol. The molecule has 1 aliphatic carbocycles. The number of fused-ring (bicyclic) bond motifs is 2. The Morgan fingerprint density at radius 1 is 1.19 bits per heavy atom. The molecule has 1 aromatic rings. The summed E-state index contributed by atoms with van der Waals surface area (Å²) < 4.78 is 1.27. The van der Waals surface area contributed by atoms with E-state index in [0.717, 1.165) is 25.7 Å². The molecule has 3 aliphatic rings. The number of nitroso groups, excluding NO2 is 1. The second kappa shape index (κ2) is 3.58. The molecule has 0 spiro atoms. The van der Waals surface area contributed by atoms with Crippen molar-refractivity contribution in [3.8, 4) is 5.75 Å². The zero-order chi connectivity index (χ0) is 11.1. The van der Waals surface area contributed by atoms with Crippen LogP contribution in [0.5, 0.6) is 5.75 Å². The molecule has 2 bridgehead atoms. The summed E-state index contributed by atoms with van der Waals surface area (Å²) in [5.74, 6) is 0.809. The van der Waals surface area contributed by atoms with Crippen LogP contribution >= 0.6 is 0 Å².